The molecule has 0 bridgehead atoms. The summed E-state index contributed by atoms with van der Waals surface area (Å²) in [4.78, 5) is 4.32. The van der Waals surface area contributed by atoms with Crippen LogP contribution in [0.4, 0.5) is 5.69 Å². The summed E-state index contributed by atoms with van der Waals surface area (Å²) in [5.41, 5.74) is 1.04. The average molecular weight is 306 g/mol. The van der Waals surface area contributed by atoms with Crippen molar-refractivity contribution < 1.29 is 14.0 Å². The quantitative estimate of drug-likeness (QED) is 0.522. The van der Waals surface area contributed by atoms with E-state index in [4.69, 9.17) is 14.0 Å². The zero-order chi connectivity index (χ0) is 15.1. The van der Waals surface area contributed by atoms with Crippen molar-refractivity contribution in [1.82, 2.24) is 4.98 Å². The summed E-state index contributed by atoms with van der Waals surface area (Å²) in [6.45, 7) is 4.13. The minimum atomic E-state index is -0.411. The lowest BCUT2D eigenvalue weighted by Crippen LogP contribution is -2.49. The zero-order valence-electron chi connectivity index (χ0n) is 12.7. The number of rotatable bonds is 4. The fourth-order valence-corrected chi connectivity index (χ4v) is 3.04. The Hall–Kier alpha value is -1.18. The number of hydrogen-bond acceptors (Lipinski definition) is 6. The smallest absolute Gasteiger partial charge is 0.480 e. The monoisotopic (exact) mass is 306 g/mol. The van der Waals surface area contributed by atoms with Gasteiger partial charge in [0.1, 0.15) is 11.3 Å². The maximum Gasteiger partial charge on any atom is 0.496 e. The Labute approximate surface area is 129 Å². The predicted molar refractivity (Wildman–Crippen MR) is 86.1 cm³/mol. The number of ether oxygens (including phenoxy) is 1. The van der Waals surface area contributed by atoms with Crippen molar-refractivity contribution in [2.45, 2.75) is 31.5 Å². The minimum Gasteiger partial charge on any atom is -0.480 e. The van der Waals surface area contributed by atoms with Crippen LogP contribution in [0.2, 0.25) is 0 Å². The molecule has 7 heteroatoms. The maximum absolute atomic E-state index is 6.17. The van der Waals surface area contributed by atoms with E-state index in [1.807, 2.05) is 12.3 Å². The van der Waals surface area contributed by atoms with E-state index in [2.05, 4.69) is 35.7 Å². The van der Waals surface area contributed by atoms with Crippen molar-refractivity contribution >= 4 is 30.2 Å². The van der Waals surface area contributed by atoms with Gasteiger partial charge in [-0.05, 0) is 26.3 Å². The fourth-order valence-electron chi connectivity index (χ4n) is 2.67. The molecule has 0 aromatic carbocycles. The second-order valence-corrected chi connectivity index (χ2v) is 6.32. The molecule has 1 atom stereocenters. The van der Waals surface area contributed by atoms with E-state index in [0.29, 0.717) is 5.88 Å². The topological polar surface area (TPSA) is 52.6 Å². The van der Waals surface area contributed by atoms with Crippen molar-refractivity contribution in [3.8, 4) is 5.88 Å². The summed E-state index contributed by atoms with van der Waals surface area (Å²) in [5.74, 6) is 0.559. The lowest BCUT2D eigenvalue weighted by atomic mass is 9.76. The van der Waals surface area contributed by atoms with Crippen LogP contribution in [0.5, 0.6) is 5.88 Å². The molecule has 1 aromatic rings. The van der Waals surface area contributed by atoms with Gasteiger partial charge in [0.25, 0.3) is 0 Å². The van der Waals surface area contributed by atoms with Crippen LogP contribution in [-0.2, 0) is 9.31 Å². The first kappa shape index (κ1) is 14.7. The Morgan fingerprint density at radius 3 is 2.71 bits per heavy atom. The molecule has 0 radical (unpaired) electrons. The van der Waals surface area contributed by atoms with Gasteiger partial charge >= 0.3 is 7.12 Å². The molecule has 0 saturated carbocycles. The highest BCUT2D eigenvalue weighted by Gasteiger charge is 2.58. The van der Waals surface area contributed by atoms with Gasteiger partial charge < -0.3 is 18.8 Å². The predicted octanol–water partition coefficient (Wildman–Crippen LogP) is 2.00. The number of hydrogen-bond donors (Lipinski definition) is 1. The Kier molecular flexibility index (Phi) is 3.67. The van der Waals surface area contributed by atoms with E-state index in [-0.39, 0.29) is 11.2 Å². The van der Waals surface area contributed by atoms with E-state index in [1.54, 1.807) is 13.3 Å². The van der Waals surface area contributed by atoms with E-state index in [9.17, 15) is 0 Å². The summed E-state index contributed by atoms with van der Waals surface area (Å²) in [6.07, 6.45) is 8.78. The average Bonchev–Trinajstić information content (AvgIpc) is 2.70. The number of nitrogens with one attached hydrogen (secondary N) is 1. The number of nitrogens with zero attached hydrogens (tertiary/aromatic N) is 1. The van der Waals surface area contributed by atoms with Crippen LogP contribution in [-0.4, -0.2) is 36.7 Å². The summed E-state index contributed by atoms with van der Waals surface area (Å²) < 4.78 is 20.7. The molecule has 1 aliphatic carbocycles. The van der Waals surface area contributed by atoms with Gasteiger partial charge in [0.2, 0.25) is 5.88 Å². The molecule has 112 valence electrons. The highest BCUT2D eigenvalue weighted by Crippen LogP contribution is 2.45. The molecule has 1 N–H and O–H groups in total. The summed E-state index contributed by atoms with van der Waals surface area (Å²) in [6, 6.07) is 1.96. The molecule has 5 nitrogen and oxygen atoms in total. The number of pyridine rings is 1. The van der Waals surface area contributed by atoms with Crippen LogP contribution < -0.4 is 14.9 Å². The van der Waals surface area contributed by atoms with Crippen molar-refractivity contribution in [3.05, 3.63) is 24.4 Å². The largest absolute Gasteiger partial charge is 0.496 e. The fraction of sp³-hybridized carbons (Fsp3) is 0.500. The van der Waals surface area contributed by atoms with Gasteiger partial charge in [0.15, 0.2) is 0 Å². The molecule has 2 aliphatic rings. The van der Waals surface area contributed by atoms with Crippen molar-refractivity contribution in [3.63, 3.8) is 0 Å². The third-order valence-corrected chi connectivity index (χ3v) is 4.52. The Bertz CT molecular complexity index is 581. The van der Waals surface area contributed by atoms with Crippen LogP contribution in [0.1, 0.15) is 20.3 Å². The van der Waals surface area contributed by atoms with Crippen LogP contribution >= 0.6 is 11.9 Å². The van der Waals surface area contributed by atoms with Crippen molar-refractivity contribution in [2.24, 2.45) is 0 Å². The number of anilines is 1. The molecule has 21 heavy (non-hydrogen) atoms. The second kappa shape index (κ2) is 5.23. The third kappa shape index (κ3) is 2.33. The summed E-state index contributed by atoms with van der Waals surface area (Å²) in [5, 5.41) is 0. The lowest BCUT2D eigenvalue weighted by Gasteiger charge is -2.41. The molecular weight excluding hydrogens is 287 g/mol. The van der Waals surface area contributed by atoms with E-state index in [1.165, 1.54) is 11.9 Å². The van der Waals surface area contributed by atoms with Crippen molar-refractivity contribution in [2.75, 3.05) is 18.1 Å². The van der Waals surface area contributed by atoms with Crippen LogP contribution in [0, 0.1) is 0 Å². The molecular formula is C14H19BN2O3S. The molecule has 2 heterocycles. The number of aromatic nitrogens is 1. The second-order valence-electron chi connectivity index (χ2n) is 5.71. The molecule has 1 spiro atoms. The van der Waals surface area contributed by atoms with Crippen molar-refractivity contribution in [1.29, 1.82) is 0 Å². The standard InChI is InChI=1S/C14H19BN2O3S/c1-13(2)14(6-5-7-14)20-15(19-13)10-8-11(17-21-4)12(18-3)16-9-10/h5-6,8-9,17H,7H2,1-4H3. The van der Waals surface area contributed by atoms with Gasteiger partial charge in [0, 0.05) is 17.9 Å². The van der Waals surface area contributed by atoms with E-state index >= 15 is 0 Å². The maximum atomic E-state index is 6.17. The Balaban J connectivity index is 1.88. The zero-order valence-corrected chi connectivity index (χ0v) is 13.5. The summed E-state index contributed by atoms with van der Waals surface area (Å²) in [7, 11) is 1.19. The molecule has 1 aromatic heterocycles. The van der Waals surface area contributed by atoms with Crippen LogP contribution in [0.15, 0.2) is 24.4 Å². The van der Waals surface area contributed by atoms with Crippen LogP contribution in [0.3, 0.4) is 0 Å². The molecule has 3 rings (SSSR count). The lowest BCUT2D eigenvalue weighted by molar-refractivity contribution is 0.00428. The van der Waals surface area contributed by atoms with E-state index < -0.39 is 7.12 Å². The van der Waals surface area contributed by atoms with E-state index in [0.717, 1.165) is 17.6 Å². The molecule has 1 fully saturated rings. The third-order valence-electron chi connectivity index (χ3n) is 4.10. The highest BCUT2D eigenvalue weighted by molar-refractivity contribution is 7.99. The molecule has 1 aliphatic heterocycles. The Morgan fingerprint density at radius 1 is 1.43 bits per heavy atom. The SMILES string of the molecule is COc1ncc(B2OC(C)(C)C3(C=CC3)O2)cc1NSC. The molecule has 1 unspecified atom stereocenters. The van der Waals surface area contributed by atoms with Gasteiger partial charge in [-0.1, -0.05) is 24.1 Å². The number of methoxy groups -OCH3 is 1. The first-order chi connectivity index (χ1) is 10.0. The van der Waals surface area contributed by atoms with Gasteiger partial charge in [-0.15, -0.1) is 0 Å². The molecule has 0 amide bonds. The van der Waals surface area contributed by atoms with Gasteiger partial charge in [0.05, 0.1) is 12.7 Å². The highest BCUT2D eigenvalue weighted by atomic mass is 32.2. The van der Waals surface area contributed by atoms with Crippen LogP contribution in [0.25, 0.3) is 0 Å². The summed E-state index contributed by atoms with van der Waals surface area (Å²) >= 11 is 1.49. The van der Waals surface area contributed by atoms with Gasteiger partial charge in [-0.2, -0.15) is 0 Å². The first-order valence-corrected chi connectivity index (χ1v) is 8.10. The first-order valence-electron chi connectivity index (χ1n) is 6.87. The van der Waals surface area contributed by atoms with Gasteiger partial charge in [-0.3, -0.25) is 0 Å². The van der Waals surface area contributed by atoms with Gasteiger partial charge in [-0.25, -0.2) is 4.98 Å². The normalized spacial score (nSPS) is 26.0. The molecule has 1 saturated heterocycles. The Morgan fingerprint density at radius 2 is 2.19 bits per heavy atom. The minimum absolute atomic E-state index is 0.315.